The van der Waals surface area contributed by atoms with Crippen LogP contribution in [0.2, 0.25) is 5.02 Å². The summed E-state index contributed by atoms with van der Waals surface area (Å²) in [5.74, 6) is -0.558. The molecule has 2 atom stereocenters. The van der Waals surface area contributed by atoms with Gasteiger partial charge in [-0.15, -0.1) is 0 Å². The van der Waals surface area contributed by atoms with E-state index in [0.29, 0.717) is 49.6 Å². The summed E-state index contributed by atoms with van der Waals surface area (Å²) < 4.78 is 32.5. The van der Waals surface area contributed by atoms with Crippen molar-refractivity contribution < 1.29 is 23.1 Å². The fraction of sp³-hybridized carbons (Fsp3) is 0.364. The number of hydrogen-bond acceptors (Lipinski definition) is 6. The Kier molecular flexibility index (Phi) is 8.51. The third-order valence-corrected chi connectivity index (χ3v) is 8.53. The molecule has 4 aromatic rings. The molecule has 2 aromatic heterocycles. The number of guanidine groups is 1. The second-order valence-corrected chi connectivity index (χ2v) is 13.5. The van der Waals surface area contributed by atoms with Crippen LogP contribution in [0.1, 0.15) is 63.8 Å². The fourth-order valence-corrected chi connectivity index (χ4v) is 6.15. The molecule has 1 saturated carbocycles. The van der Waals surface area contributed by atoms with Gasteiger partial charge in [-0.1, -0.05) is 62.7 Å². The number of hydrogen-bond donors (Lipinski definition) is 4. The number of benzene rings is 2. The van der Waals surface area contributed by atoms with Crippen molar-refractivity contribution in [3.63, 3.8) is 0 Å². The molecule has 0 radical (unpaired) electrons. The summed E-state index contributed by atoms with van der Waals surface area (Å²) in [4.78, 5) is 36.0. The number of alkyl carbamates (subject to hydrolysis) is 1. The number of alkyl halides is 2. The molecule has 2 aliphatic rings. The topological polar surface area (TPSA) is 141 Å². The number of amides is 2. The van der Waals surface area contributed by atoms with Gasteiger partial charge < -0.3 is 20.4 Å². The number of nitrogens with zero attached hydrogens (tertiary/aromatic N) is 4. The normalized spacial score (nSPS) is 18.8. The number of aromatic amines is 1. The number of nitrogens with one attached hydrogen (secondary N) is 4. The average Bonchev–Trinajstić information content (AvgIpc) is 3.38. The number of H-pyrrole nitrogens is 1. The summed E-state index contributed by atoms with van der Waals surface area (Å²) in [6, 6.07) is 11.4. The molecule has 2 aromatic carbocycles. The summed E-state index contributed by atoms with van der Waals surface area (Å²) >= 11 is 6.55. The van der Waals surface area contributed by atoms with Crippen molar-refractivity contribution in [1.82, 2.24) is 35.3 Å². The van der Waals surface area contributed by atoms with E-state index in [2.05, 4.69) is 25.7 Å². The van der Waals surface area contributed by atoms with Gasteiger partial charge >= 0.3 is 12.6 Å². The maximum Gasteiger partial charge on any atom is 0.407 e. The molecule has 0 unspecified atom stereocenters. The van der Waals surface area contributed by atoms with E-state index in [4.69, 9.17) is 21.7 Å². The predicted octanol–water partition coefficient (Wildman–Crippen LogP) is 6.62. The van der Waals surface area contributed by atoms with Gasteiger partial charge in [0.15, 0.2) is 5.96 Å². The third-order valence-electron chi connectivity index (χ3n) is 8.20. The van der Waals surface area contributed by atoms with E-state index in [0.717, 1.165) is 12.8 Å². The molecule has 246 valence electrons. The number of carbonyl (C=O) groups is 2. The maximum atomic E-state index is 14.8. The minimum Gasteiger partial charge on any atom is -0.447 e. The van der Waals surface area contributed by atoms with Crippen LogP contribution in [-0.2, 0) is 15.1 Å². The van der Waals surface area contributed by atoms with Crippen molar-refractivity contribution in [2.45, 2.75) is 64.2 Å². The number of ether oxygens (including phenoxy) is 1. The Labute approximate surface area is 275 Å². The molecule has 11 nitrogen and oxygen atoms in total. The number of carbonyl (C=O) groups excluding carboxylic acids is 2. The lowest BCUT2D eigenvalue weighted by atomic mass is 9.75. The minimum absolute atomic E-state index is 0.0725. The van der Waals surface area contributed by atoms with Crippen LogP contribution in [0.3, 0.4) is 0 Å². The van der Waals surface area contributed by atoms with Crippen molar-refractivity contribution in [3.05, 3.63) is 83.5 Å². The highest BCUT2D eigenvalue weighted by atomic mass is 35.5. The van der Waals surface area contributed by atoms with Crippen molar-refractivity contribution in [1.29, 1.82) is 5.41 Å². The highest BCUT2D eigenvalue weighted by Gasteiger charge is 2.54. The minimum atomic E-state index is -2.76. The Morgan fingerprint density at radius 3 is 2.55 bits per heavy atom. The van der Waals surface area contributed by atoms with Crippen LogP contribution in [0.4, 0.5) is 13.6 Å². The van der Waals surface area contributed by atoms with Crippen LogP contribution < -0.4 is 10.6 Å². The van der Waals surface area contributed by atoms with E-state index in [9.17, 15) is 18.4 Å². The lowest BCUT2D eigenvalue weighted by Gasteiger charge is -2.35. The first-order chi connectivity index (χ1) is 22.3. The molecular weight excluding hydrogens is 630 g/mol. The zero-order valence-corrected chi connectivity index (χ0v) is 26.8. The van der Waals surface area contributed by atoms with Crippen LogP contribution in [0, 0.1) is 10.8 Å². The van der Waals surface area contributed by atoms with Crippen molar-refractivity contribution in [2.75, 3.05) is 6.61 Å². The highest BCUT2D eigenvalue weighted by Crippen LogP contribution is 2.43. The van der Waals surface area contributed by atoms with E-state index in [-0.39, 0.29) is 24.0 Å². The molecule has 1 aliphatic carbocycles. The molecule has 3 heterocycles. The Bertz CT molecular complexity index is 1780. The summed E-state index contributed by atoms with van der Waals surface area (Å²) in [5, 5.41) is 19.3. The molecule has 1 saturated heterocycles. The van der Waals surface area contributed by atoms with Crippen LogP contribution in [0.25, 0.3) is 22.4 Å². The first kappa shape index (κ1) is 32.2. The molecule has 6 rings (SSSR count). The lowest BCUT2D eigenvalue weighted by molar-refractivity contribution is -0.134. The predicted molar refractivity (Wildman–Crippen MR) is 172 cm³/mol. The second-order valence-electron chi connectivity index (χ2n) is 13.1. The summed E-state index contributed by atoms with van der Waals surface area (Å²) in [6.45, 7) is 3.02. The zero-order valence-electron chi connectivity index (χ0n) is 26.1. The summed E-state index contributed by atoms with van der Waals surface area (Å²) in [6.07, 6.45) is 7.31. The molecule has 1 aliphatic heterocycles. The molecule has 2 fully saturated rings. The van der Waals surface area contributed by atoms with Gasteiger partial charge in [-0.25, -0.2) is 14.5 Å². The monoisotopic (exact) mass is 664 g/mol. The number of imidazole rings is 1. The number of aromatic nitrogens is 4. The third kappa shape index (κ3) is 6.71. The molecule has 4 N–H and O–H groups in total. The Balaban J connectivity index is 1.38. The molecule has 14 heteroatoms. The Morgan fingerprint density at radius 2 is 1.94 bits per heavy atom. The van der Waals surface area contributed by atoms with Gasteiger partial charge in [-0.3, -0.25) is 15.1 Å². The molecular formula is C33H35ClF2N8O3. The van der Waals surface area contributed by atoms with Gasteiger partial charge in [0.25, 0.3) is 5.91 Å². The quantitative estimate of drug-likeness (QED) is 0.150. The second kappa shape index (κ2) is 12.4. The SMILES string of the molecule is CC(C)(C)C[C@]1(c2ccc(-c3cnn(C(F)F)c3)cc2)NC(=N)N([C@H](COC(=O)NC2CC2)c2ccc(Cl)c(-c3c[nH]cn3)c2)C1=O. The van der Waals surface area contributed by atoms with E-state index in [1.807, 2.05) is 20.8 Å². The molecule has 0 spiro atoms. The summed E-state index contributed by atoms with van der Waals surface area (Å²) in [7, 11) is 0. The maximum absolute atomic E-state index is 14.8. The van der Waals surface area contributed by atoms with Gasteiger partial charge in [0.1, 0.15) is 12.1 Å². The smallest absolute Gasteiger partial charge is 0.407 e. The first-order valence-electron chi connectivity index (χ1n) is 15.2. The highest BCUT2D eigenvalue weighted by molar-refractivity contribution is 6.33. The van der Waals surface area contributed by atoms with Crippen LogP contribution in [-0.4, -0.2) is 55.3 Å². The van der Waals surface area contributed by atoms with Gasteiger partial charge in [-0.05, 0) is 53.5 Å². The number of halogens is 3. The standard InChI is InChI=1S/C33H35ClF2N8O3/c1-32(2,3)17-33(22-7-4-19(5-8-22)21-13-40-43(15-21)29(35)36)28(45)44(30(37)42-33)27(16-47-31(46)41-23-9-10-23)20-6-11-25(34)24(12-20)26-14-38-18-39-26/h4-8,11-15,18,23,27,29H,9-10,16-17H2,1-3H3,(H2,37,42)(H,38,39)(H,41,46)/t27-,33-/m1/s1. The van der Waals surface area contributed by atoms with Crippen LogP contribution >= 0.6 is 11.6 Å². The van der Waals surface area contributed by atoms with E-state index >= 15 is 0 Å². The number of rotatable bonds is 10. The van der Waals surface area contributed by atoms with Gasteiger partial charge in [-0.2, -0.15) is 13.9 Å². The fourth-order valence-electron chi connectivity index (χ4n) is 5.94. The zero-order chi connectivity index (χ0) is 33.5. The Hall–Kier alpha value is -4.78. The molecule has 0 bridgehead atoms. The lowest BCUT2D eigenvalue weighted by Crippen LogP contribution is -2.47. The van der Waals surface area contributed by atoms with E-state index < -0.39 is 30.1 Å². The first-order valence-corrected chi connectivity index (χ1v) is 15.6. The Morgan fingerprint density at radius 1 is 1.19 bits per heavy atom. The van der Waals surface area contributed by atoms with E-state index in [1.165, 1.54) is 23.6 Å². The average molecular weight is 665 g/mol. The van der Waals surface area contributed by atoms with Crippen molar-refractivity contribution in [2.24, 2.45) is 5.41 Å². The largest absolute Gasteiger partial charge is 0.447 e. The van der Waals surface area contributed by atoms with Crippen molar-refractivity contribution in [3.8, 4) is 22.4 Å². The van der Waals surface area contributed by atoms with Gasteiger partial charge in [0.2, 0.25) is 0 Å². The van der Waals surface area contributed by atoms with Crippen LogP contribution in [0.15, 0.2) is 67.4 Å². The van der Waals surface area contributed by atoms with Crippen molar-refractivity contribution >= 4 is 29.6 Å². The summed E-state index contributed by atoms with van der Waals surface area (Å²) in [5.41, 5.74) is 1.79. The molecule has 47 heavy (non-hydrogen) atoms. The molecule has 2 amide bonds. The van der Waals surface area contributed by atoms with Gasteiger partial charge in [0.05, 0.1) is 29.3 Å². The van der Waals surface area contributed by atoms with Gasteiger partial charge in [0, 0.05) is 29.6 Å². The van der Waals surface area contributed by atoms with Crippen LogP contribution in [0.5, 0.6) is 0 Å². The van der Waals surface area contributed by atoms with E-state index in [1.54, 1.807) is 48.7 Å².